The largest absolute Gasteiger partial charge is 0.311 e. The van der Waals surface area contributed by atoms with Gasteiger partial charge in [0.1, 0.15) is 0 Å². The van der Waals surface area contributed by atoms with Crippen LogP contribution in [0.2, 0.25) is 0 Å². The van der Waals surface area contributed by atoms with Crippen molar-refractivity contribution in [2.75, 3.05) is 13.1 Å². The Kier molecular flexibility index (Phi) is 4.70. The molecule has 0 aromatic heterocycles. The minimum absolute atomic E-state index is 0.216. The van der Waals surface area contributed by atoms with Crippen LogP contribution in [-0.4, -0.2) is 29.6 Å². The van der Waals surface area contributed by atoms with Crippen LogP contribution >= 0.6 is 15.9 Å². The van der Waals surface area contributed by atoms with Gasteiger partial charge in [0.25, 0.3) is 0 Å². The Morgan fingerprint density at radius 3 is 2.79 bits per heavy atom. The number of nitrogens with one attached hydrogen (secondary N) is 1. The summed E-state index contributed by atoms with van der Waals surface area (Å²) in [4.78, 5) is 2.61. The molecule has 1 saturated heterocycles. The second-order valence-electron chi connectivity index (χ2n) is 6.55. The van der Waals surface area contributed by atoms with Gasteiger partial charge in [-0.05, 0) is 37.5 Å². The molecule has 1 unspecified atom stereocenters. The summed E-state index contributed by atoms with van der Waals surface area (Å²) >= 11 is 3.56. The molecular weight excluding hydrogens is 300 g/mol. The van der Waals surface area contributed by atoms with Gasteiger partial charge in [0.15, 0.2) is 0 Å². The van der Waals surface area contributed by atoms with Crippen molar-refractivity contribution in [3.63, 3.8) is 0 Å². The van der Waals surface area contributed by atoms with Crippen LogP contribution in [0.1, 0.15) is 33.3 Å². The lowest BCUT2D eigenvalue weighted by Gasteiger charge is -2.47. The zero-order valence-corrected chi connectivity index (χ0v) is 14.0. The first kappa shape index (κ1) is 15.0. The highest BCUT2D eigenvalue weighted by Crippen LogP contribution is 2.24. The highest BCUT2D eigenvalue weighted by Gasteiger charge is 2.34. The molecule has 1 aromatic rings. The molecule has 0 radical (unpaired) electrons. The van der Waals surface area contributed by atoms with Crippen molar-refractivity contribution in [3.05, 3.63) is 34.3 Å². The van der Waals surface area contributed by atoms with Gasteiger partial charge < -0.3 is 5.32 Å². The quantitative estimate of drug-likeness (QED) is 0.912. The maximum atomic E-state index is 3.69. The molecule has 1 aliphatic rings. The number of nitrogens with zero attached hydrogens (tertiary/aromatic N) is 1. The number of piperazine rings is 1. The number of benzene rings is 1. The van der Waals surface area contributed by atoms with Crippen LogP contribution < -0.4 is 5.32 Å². The molecule has 2 rings (SSSR count). The Morgan fingerprint density at radius 2 is 2.16 bits per heavy atom. The van der Waals surface area contributed by atoms with Crippen molar-refractivity contribution in [2.45, 2.75) is 45.8 Å². The smallest absolute Gasteiger partial charge is 0.0281 e. The van der Waals surface area contributed by atoms with Crippen LogP contribution in [0.5, 0.6) is 0 Å². The third kappa shape index (κ3) is 3.80. The van der Waals surface area contributed by atoms with Gasteiger partial charge in [-0.3, -0.25) is 4.90 Å². The lowest BCUT2D eigenvalue weighted by molar-refractivity contribution is 0.0474. The topological polar surface area (TPSA) is 15.3 Å². The molecule has 1 atom stereocenters. The molecule has 2 nitrogen and oxygen atoms in total. The summed E-state index contributed by atoms with van der Waals surface area (Å²) in [6.07, 6.45) is 0. The van der Waals surface area contributed by atoms with E-state index in [-0.39, 0.29) is 5.54 Å². The van der Waals surface area contributed by atoms with E-state index in [2.05, 4.69) is 78.1 Å². The standard InChI is InChI=1S/C16H25BrN2/c1-12(2)15-10-19(16(3,4)11-18-15)9-13-6-5-7-14(17)8-13/h5-8,12,15,18H,9-11H2,1-4H3. The monoisotopic (exact) mass is 324 g/mol. The second kappa shape index (κ2) is 5.94. The number of hydrogen-bond donors (Lipinski definition) is 1. The molecule has 19 heavy (non-hydrogen) atoms. The molecule has 0 aliphatic carbocycles. The van der Waals surface area contributed by atoms with Gasteiger partial charge in [-0.2, -0.15) is 0 Å². The molecule has 0 saturated carbocycles. The minimum Gasteiger partial charge on any atom is -0.311 e. The van der Waals surface area contributed by atoms with Crippen LogP contribution in [0.4, 0.5) is 0 Å². The van der Waals surface area contributed by atoms with E-state index in [1.807, 2.05) is 0 Å². The Bertz CT molecular complexity index is 429. The summed E-state index contributed by atoms with van der Waals surface area (Å²) in [5.74, 6) is 0.682. The number of halogens is 1. The SMILES string of the molecule is CC(C)C1CN(Cc2cccc(Br)c2)C(C)(C)CN1. The fourth-order valence-electron chi connectivity index (χ4n) is 2.62. The average Bonchev–Trinajstić information content (AvgIpc) is 2.31. The van der Waals surface area contributed by atoms with Crippen molar-refractivity contribution < 1.29 is 0 Å². The van der Waals surface area contributed by atoms with E-state index in [1.165, 1.54) is 10.0 Å². The first-order chi connectivity index (χ1) is 8.88. The van der Waals surface area contributed by atoms with Crippen LogP contribution in [0, 0.1) is 5.92 Å². The van der Waals surface area contributed by atoms with Gasteiger partial charge in [-0.25, -0.2) is 0 Å². The number of rotatable bonds is 3. The number of hydrogen-bond acceptors (Lipinski definition) is 2. The van der Waals surface area contributed by atoms with Crippen LogP contribution in [0.15, 0.2) is 28.7 Å². The summed E-state index contributed by atoms with van der Waals surface area (Å²) in [6.45, 7) is 12.5. The van der Waals surface area contributed by atoms with Crippen LogP contribution in [-0.2, 0) is 6.54 Å². The maximum Gasteiger partial charge on any atom is 0.0281 e. The zero-order valence-electron chi connectivity index (χ0n) is 12.4. The van der Waals surface area contributed by atoms with Crippen molar-refractivity contribution in [2.24, 2.45) is 5.92 Å². The summed E-state index contributed by atoms with van der Waals surface area (Å²) in [5.41, 5.74) is 1.60. The van der Waals surface area contributed by atoms with Crippen molar-refractivity contribution in [3.8, 4) is 0 Å². The highest BCUT2D eigenvalue weighted by molar-refractivity contribution is 9.10. The van der Waals surface area contributed by atoms with Gasteiger partial charge in [-0.15, -0.1) is 0 Å². The Labute approximate surface area is 125 Å². The van der Waals surface area contributed by atoms with Gasteiger partial charge >= 0.3 is 0 Å². The predicted molar refractivity (Wildman–Crippen MR) is 85.3 cm³/mol. The normalized spacial score (nSPS) is 23.8. The predicted octanol–water partition coefficient (Wildman–Crippen LogP) is 3.66. The molecule has 0 bridgehead atoms. The molecule has 3 heteroatoms. The van der Waals surface area contributed by atoms with Crippen molar-refractivity contribution >= 4 is 15.9 Å². The third-order valence-electron chi connectivity index (χ3n) is 4.14. The average molecular weight is 325 g/mol. The summed E-state index contributed by atoms with van der Waals surface area (Å²) in [6, 6.07) is 9.24. The minimum atomic E-state index is 0.216. The van der Waals surface area contributed by atoms with Crippen LogP contribution in [0.3, 0.4) is 0 Å². The van der Waals surface area contributed by atoms with Crippen LogP contribution in [0.25, 0.3) is 0 Å². The molecule has 0 amide bonds. The second-order valence-corrected chi connectivity index (χ2v) is 7.47. The summed E-state index contributed by atoms with van der Waals surface area (Å²) in [7, 11) is 0. The fourth-order valence-corrected chi connectivity index (χ4v) is 3.07. The first-order valence-electron chi connectivity index (χ1n) is 7.11. The van der Waals surface area contributed by atoms with Gasteiger partial charge in [0.2, 0.25) is 0 Å². The van der Waals surface area contributed by atoms with Crippen molar-refractivity contribution in [1.82, 2.24) is 10.2 Å². The van der Waals surface area contributed by atoms with E-state index in [0.29, 0.717) is 12.0 Å². The van der Waals surface area contributed by atoms with E-state index in [9.17, 15) is 0 Å². The van der Waals surface area contributed by atoms with E-state index in [1.54, 1.807) is 0 Å². The molecule has 0 spiro atoms. The lowest BCUT2D eigenvalue weighted by atomic mass is 9.92. The maximum absolute atomic E-state index is 3.69. The molecule has 106 valence electrons. The Hall–Kier alpha value is -0.380. The van der Waals surface area contributed by atoms with E-state index in [4.69, 9.17) is 0 Å². The Balaban J connectivity index is 2.11. The highest BCUT2D eigenvalue weighted by atomic mass is 79.9. The third-order valence-corrected chi connectivity index (χ3v) is 4.63. The first-order valence-corrected chi connectivity index (χ1v) is 7.91. The van der Waals surface area contributed by atoms with Crippen molar-refractivity contribution in [1.29, 1.82) is 0 Å². The van der Waals surface area contributed by atoms with Gasteiger partial charge in [0.05, 0.1) is 0 Å². The van der Waals surface area contributed by atoms with E-state index >= 15 is 0 Å². The Morgan fingerprint density at radius 1 is 1.42 bits per heavy atom. The summed E-state index contributed by atoms with van der Waals surface area (Å²) < 4.78 is 1.17. The molecule has 1 fully saturated rings. The zero-order chi connectivity index (χ0) is 14.0. The molecule has 1 N–H and O–H groups in total. The van der Waals surface area contributed by atoms with E-state index in [0.717, 1.165) is 19.6 Å². The molecule has 1 heterocycles. The molecular formula is C16H25BrN2. The van der Waals surface area contributed by atoms with E-state index < -0.39 is 0 Å². The molecule has 1 aliphatic heterocycles. The fraction of sp³-hybridized carbons (Fsp3) is 0.625. The summed E-state index contributed by atoms with van der Waals surface area (Å²) in [5, 5.41) is 3.69. The lowest BCUT2D eigenvalue weighted by Crippen LogP contribution is -2.62. The van der Waals surface area contributed by atoms with Gasteiger partial charge in [-0.1, -0.05) is 41.9 Å². The van der Waals surface area contributed by atoms with Gasteiger partial charge in [0, 0.05) is 35.7 Å². The molecule has 1 aromatic carbocycles.